The smallest absolute Gasteiger partial charge is 0.306 e. The van der Waals surface area contributed by atoms with Crippen LogP contribution in [0.3, 0.4) is 0 Å². The van der Waals surface area contributed by atoms with Crippen molar-refractivity contribution in [3.8, 4) is 6.07 Å². The summed E-state index contributed by atoms with van der Waals surface area (Å²) in [7, 11) is 1.80. The zero-order valence-corrected chi connectivity index (χ0v) is 20.5. The lowest BCUT2D eigenvalue weighted by Gasteiger charge is -2.58. The predicted molar refractivity (Wildman–Crippen MR) is 135 cm³/mol. The molecule has 1 aromatic rings. The molecule has 0 bridgehead atoms. The van der Waals surface area contributed by atoms with Crippen molar-refractivity contribution in [2.24, 2.45) is 40.2 Å². The van der Waals surface area contributed by atoms with Gasteiger partial charge in [-0.3, -0.25) is 4.79 Å². The molecular formula is C30H39N2O+. The molecule has 7 atom stereocenters. The molecule has 4 aliphatic rings. The van der Waals surface area contributed by atoms with Crippen molar-refractivity contribution in [3.05, 3.63) is 64.0 Å². The zero-order chi connectivity index (χ0) is 23.2. The summed E-state index contributed by atoms with van der Waals surface area (Å²) in [4.78, 5) is 16.9. The minimum atomic E-state index is -0.257. The van der Waals surface area contributed by atoms with Gasteiger partial charge in [0.05, 0.1) is 11.5 Å². The fourth-order valence-electron chi connectivity index (χ4n) is 8.46. The van der Waals surface area contributed by atoms with Gasteiger partial charge in [0.15, 0.2) is 0 Å². The lowest BCUT2D eigenvalue weighted by atomic mass is 9.45. The summed E-state index contributed by atoms with van der Waals surface area (Å²) in [5.74, 6) is 2.19. The van der Waals surface area contributed by atoms with E-state index >= 15 is 0 Å². The van der Waals surface area contributed by atoms with E-state index < -0.39 is 0 Å². The number of primary amides is 1. The second-order valence-electron chi connectivity index (χ2n) is 11.6. The van der Waals surface area contributed by atoms with Crippen molar-refractivity contribution < 1.29 is 4.79 Å². The number of amides is 1. The van der Waals surface area contributed by atoms with Gasteiger partial charge in [0.2, 0.25) is 5.91 Å². The Labute approximate surface area is 199 Å². The fraction of sp³-hybridized carbons (Fsp3) is 0.600. The maximum Gasteiger partial charge on any atom is 0.306 e. The maximum atomic E-state index is 12.7. The van der Waals surface area contributed by atoms with Crippen molar-refractivity contribution >= 4 is 5.91 Å². The van der Waals surface area contributed by atoms with E-state index in [0.29, 0.717) is 17.3 Å². The summed E-state index contributed by atoms with van der Waals surface area (Å²) in [5.41, 5.74) is 10.3. The van der Waals surface area contributed by atoms with Crippen LogP contribution in [0.15, 0.2) is 53.6 Å². The molecule has 0 aromatic heterocycles. The number of hydrogen-bond donors (Lipinski definition) is 1. The molecule has 0 radical (unpaired) electrons. The third-order valence-electron chi connectivity index (χ3n) is 10.2. The van der Waals surface area contributed by atoms with E-state index in [1.807, 2.05) is 18.2 Å². The van der Waals surface area contributed by atoms with E-state index in [1.54, 1.807) is 7.05 Å². The number of carbonyl (C=O) groups is 1. The quantitative estimate of drug-likeness (QED) is 0.551. The molecule has 0 aliphatic heterocycles. The molecule has 3 nitrogen and oxygen atoms in total. The summed E-state index contributed by atoms with van der Waals surface area (Å²) in [6.07, 6.45) is 14.7. The molecule has 33 heavy (non-hydrogen) atoms. The van der Waals surface area contributed by atoms with E-state index in [4.69, 9.17) is 5.73 Å². The molecule has 3 heteroatoms. The molecule has 1 aromatic carbocycles. The van der Waals surface area contributed by atoms with Gasteiger partial charge in [0, 0.05) is 0 Å². The van der Waals surface area contributed by atoms with Crippen LogP contribution in [0.1, 0.15) is 76.7 Å². The highest BCUT2D eigenvalue weighted by Crippen LogP contribution is 2.66. The predicted octanol–water partition coefficient (Wildman–Crippen LogP) is 6.72. The topological polar surface area (TPSA) is 47.5 Å². The second kappa shape index (κ2) is 8.46. The zero-order valence-electron chi connectivity index (χ0n) is 20.5. The first kappa shape index (κ1) is 22.5. The third-order valence-corrected chi connectivity index (χ3v) is 10.2. The van der Waals surface area contributed by atoms with Crippen LogP contribution in [-0.2, 0) is 4.79 Å². The molecule has 0 heterocycles. The average Bonchev–Trinajstić information content (AvgIpc) is 3.20. The number of carbonyl (C=O) groups excluding carboxylic acids is 1. The fourth-order valence-corrected chi connectivity index (χ4v) is 8.46. The van der Waals surface area contributed by atoms with Gasteiger partial charge in [-0.15, -0.1) is 0 Å². The Morgan fingerprint density at radius 3 is 2.70 bits per heavy atom. The lowest BCUT2D eigenvalue weighted by Crippen LogP contribution is -2.51. The molecule has 2 N–H and O–H groups in total. The van der Waals surface area contributed by atoms with Crippen LogP contribution < -0.4 is 5.73 Å². The van der Waals surface area contributed by atoms with Gasteiger partial charge >= 0.3 is 6.07 Å². The van der Waals surface area contributed by atoms with E-state index in [0.717, 1.165) is 30.2 Å². The van der Waals surface area contributed by atoms with Crippen molar-refractivity contribution in [1.29, 1.82) is 0 Å². The van der Waals surface area contributed by atoms with Crippen LogP contribution in [-0.4, -0.2) is 13.0 Å². The Morgan fingerprint density at radius 1 is 1.18 bits per heavy atom. The Morgan fingerprint density at radius 2 is 1.97 bits per heavy atom. The first-order chi connectivity index (χ1) is 15.9. The molecule has 0 saturated heterocycles. The maximum absolute atomic E-state index is 12.7. The summed E-state index contributed by atoms with van der Waals surface area (Å²) >= 11 is 0. The third kappa shape index (κ3) is 3.67. The summed E-state index contributed by atoms with van der Waals surface area (Å²) in [5, 5.41) is 0. The average molecular weight is 444 g/mol. The number of benzene rings is 1. The van der Waals surface area contributed by atoms with Gasteiger partial charge in [0.1, 0.15) is 0 Å². The number of allylic oxidation sites excluding steroid dienone is 4. The SMILES string of the molecule is C[N+]#CC1=CC2=CC[C@H]3[C@@H]4CCC[C@@]4(C)CC[C@@H]3[C@@]2(C)C(CC(C(N)=O)c2ccccc2)C1. The van der Waals surface area contributed by atoms with Gasteiger partial charge in [-0.2, -0.15) is 0 Å². The molecule has 1 amide bonds. The number of nitrogens with two attached hydrogens (primary N) is 1. The van der Waals surface area contributed by atoms with E-state index in [-0.39, 0.29) is 17.2 Å². The number of hydrogen-bond acceptors (Lipinski definition) is 1. The minimum absolute atomic E-state index is 0.0776. The molecular weight excluding hydrogens is 404 g/mol. The summed E-state index contributed by atoms with van der Waals surface area (Å²) in [6.45, 7) is 5.07. The number of fused-ring (bicyclic) bond motifs is 5. The van der Waals surface area contributed by atoms with E-state index in [1.165, 1.54) is 49.7 Å². The number of nitrogens with zero attached hydrogens (tertiary/aromatic N) is 1. The van der Waals surface area contributed by atoms with Gasteiger partial charge in [-0.1, -0.05) is 61.5 Å². The number of rotatable bonds is 4. The van der Waals surface area contributed by atoms with E-state index in [2.05, 4.69) is 49.0 Å². The molecule has 174 valence electrons. The van der Waals surface area contributed by atoms with Crippen LogP contribution in [0.25, 0.3) is 4.85 Å². The Hall–Kier alpha value is -2.34. The van der Waals surface area contributed by atoms with Gasteiger partial charge in [-0.25, -0.2) is 0 Å². The molecule has 2 unspecified atom stereocenters. The standard InChI is InChI=1S/C30H38N2O/c1-29-14-7-10-26(29)24-12-11-22-16-20(19-32-3)17-23(30(22,2)27(24)13-15-29)18-25(28(31)33)21-8-5-4-6-9-21/h4-6,8-9,11,16,23-27H,7,10,12-15,17-18H2,1-3H3,(H-,31,33)/p+1/t23?,24-,25?,26-,27-,29-,30+/m0/s1. The summed E-state index contributed by atoms with van der Waals surface area (Å²) < 4.78 is 0. The van der Waals surface area contributed by atoms with Crippen molar-refractivity contribution in [1.82, 2.24) is 0 Å². The lowest BCUT2D eigenvalue weighted by molar-refractivity contribution is -0.120. The van der Waals surface area contributed by atoms with Gasteiger partial charge < -0.3 is 5.73 Å². The molecule has 5 rings (SSSR count). The van der Waals surface area contributed by atoms with Crippen LogP contribution in [0.5, 0.6) is 0 Å². The minimum Gasteiger partial charge on any atom is -0.369 e. The van der Waals surface area contributed by atoms with Crippen LogP contribution >= 0.6 is 0 Å². The highest BCUT2D eigenvalue weighted by molar-refractivity contribution is 5.82. The highest BCUT2D eigenvalue weighted by Gasteiger charge is 2.58. The Balaban J connectivity index is 1.55. The van der Waals surface area contributed by atoms with Crippen LogP contribution in [0, 0.1) is 40.6 Å². The molecule has 4 aliphatic carbocycles. The first-order valence-corrected chi connectivity index (χ1v) is 13.0. The van der Waals surface area contributed by atoms with Crippen molar-refractivity contribution in [3.63, 3.8) is 0 Å². The van der Waals surface area contributed by atoms with Gasteiger partial charge in [-0.05, 0) is 96.7 Å². The Bertz CT molecular complexity index is 1040. The monoisotopic (exact) mass is 443 g/mol. The van der Waals surface area contributed by atoms with E-state index in [9.17, 15) is 4.79 Å². The van der Waals surface area contributed by atoms with Gasteiger partial charge in [0.25, 0.3) is 7.05 Å². The normalized spacial score (nSPS) is 37.9. The van der Waals surface area contributed by atoms with Crippen molar-refractivity contribution in [2.75, 3.05) is 7.05 Å². The van der Waals surface area contributed by atoms with Crippen LogP contribution in [0.4, 0.5) is 0 Å². The highest BCUT2D eigenvalue weighted by atomic mass is 16.1. The largest absolute Gasteiger partial charge is 0.369 e. The molecule has 0 spiro atoms. The molecule has 2 saturated carbocycles. The summed E-state index contributed by atoms with van der Waals surface area (Å²) in [6, 6.07) is 13.4. The molecule has 2 fully saturated rings. The Kier molecular flexibility index (Phi) is 5.76. The van der Waals surface area contributed by atoms with Crippen LogP contribution in [0.2, 0.25) is 0 Å². The first-order valence-electron chi connectivity index (χ1n) is 13.0. The van der Waals surface area contributed by atoms with Crippen molar-refractivity contribution in [2.45, 2.75) is 71.1 Å². The second-order valence-corrected chi connectivity index (χ2v) is 11.6.